The van der Waals surface area contributed by atoms with Gasteiger partial charge in [0.25, 0.3) is 5.91 Å². The molecule has 1 aromatic carbocycles. The van der Waals surface area contributed by atoms with Gasteiger partial charge >= 0.3 is 12.0 Å². The predicted octanol–water partition coefficient (Wildman–Crippen LogP) is 1.06. The quantitative estimate of drug-likeness (QED) is 0.779. The lowest BCUT2D eigenvalue weighted by atomic mass is 10.3. The zero-order chi connectivity index (χ0) is 16.1. The number of carbonyl (C=O) groups excluding carboxylic acids is 3. The highest BCUT2D eigenvalue weighted by atomic mass is 79.9. The summed E-state index contributed by atoms with van der Waals surface area (Å²) >= 11 is 3.09. The van der Waals surface area contributed by atoms with E-state index in [4.69, 9.17) is 4.74 Å². The highest BCUT2D eigenvalue weighted by Crippen LogP contribution is 2.21. The molecular weight excluding hydrogens is 363 g/mol. The number of esters is 1. The lowest BCUT2D eigenvalue weighted by molar-refractivity contribution is -0.152. The fraction of sp³-hybridized carbons (Fsp3) is 0.308. The Morgan fingerprint density at radius 3 is 2.77 bits per heavy atom. The van der Waals surface area contributed by atoms with Crippen LogP contribution in [0.15, 0.2) is 22.7 Å². The summed E-state index contributed by atoms with van der Waals surface area (Å²) < 4.78 is 23.6. The lowest BCUT2D eigenvalue weighted by Crippen LogP contribution is -2.37. The Labute approximate surface area is 133 Å². The number of nitrogens with zero attached hydrogens (tertiary/aromatic N) is 1. The van der Waals surface area contributed by atoms with Gasteiger partial charge in [-0.1, -0.05) is 15.9 Å². The van der Waals surface area contributed by atoms with Crippen molar-refractivity contribution in [3.63, 3.8) is 0 Å². The Balaban J connectivity index is 1.76. The maximum absolute atomic E-state index is 13.5. The van der Waals surface area contributed by atoms with Crippen molar-refractivity contribution < 1.29 is 28.2 Å². The molecule has 0 bridgehead atoms. The summed E-state index contributed by atoms with van der Waals surface area (Å²) in [7, 11) is 0. The first-order valence-corrected chi connectivity index (χ1v) is 7.08. The molecule has 2 rings (SSSR count). The Morgan fingerprint density at radius 1 is 1.36 bits per heavy atom. The van der Waals surface area contributed by atoms with Gasteiger partial charge in [0.2, 0.25) is 0 Å². The molecule has 1 N–H and O–H groups in total. The smallest absolute Gasteiger partial charge is 0.344 e. The van der Waals surface area contributed by atoms with E-state index >= 15 is 0 Å². The van der Waals surface area contributed by atoms with Crippen molar-refractivity contribution in [2.75, 3.05) is 26.3 Å². The number of ether oxygens (including phenoxy) is 2. The Morgan fingerprint density at radius 2 is 2.14 bits per heavy atom. The average molecular weight is 375 g/mol. The summed E-state index contributed by atoms with van der Waals surface area (Å²) in [5, 5.41) is 2.45. The van der Waals surface area contributed by atoms with Gasteiger partial charge in [0.15, 0.2) is 24.8 Å². The molecule has 7 nitrogen and oxygen atoms in total. The summed E-state index contributed by atoms with van der Waals surface area (Å²) in [4.78, 5) is 35.2. The van der Waals surface area contributed by atoms with Crippen LogP contribution in [0.5, 0.6) is 5.75 Å². The number of halogens is 2. The van der Waals surface area contributed by atoms with Crippen LogP contribution in [-0.4, -0.2) is 49.1 Å². The minimum atomic E-state index is -0.838. The second-order valence-electron chi connectivity index (χ2n) is 4.30. The van der Waals surface area contributed by atoms with E-state index in [-0.39, 0.29) is 12.3 Å². The standard InChI is InChI=1S/C13H12BrFN2O5/c14-8-1-2-10(9(15)5-8)21-7-12(19)22-6-11(18)17-4-3-16-13(17)20/h1-2,5H,3-4,6-7H2,(H,16,20). The molecule has 0 spiro atoms. The van der Waals surface area contributed by atoms with E-state index in [1.165, 1.54) is 12.1 Å². The monoisotopic (exact) mass is 374 g/mol. The van der Waals surface area contributed by atoms with Crippen LogP contribution in [0.25, 0.3) is 0 Å². The predicted molar refractivity (Wildman–Crippen MR) is 75.7 cm³/mol. The molecule has 0 aromatic heterocycles. The summed E-state index contributed by atoms with van der Waals surface area (Å²) in [6.07, 6.45) is 0. The van der Waals surface area contributed by atoms with Gasteiger partial charge in [-0.25, -0.2) is 14.0 Å². The summed E-state index contributed by atoms with van der Waals surface area (Å²) in [5.41, 5.74) is 0. The average Bonchev–Trinajstić information content (AvgIpc) is 2.90. The molecule has 1 aliphatic rings. The van der Waals surface area contributed by atoms with Crippen molar-refractivity contribution in [2.45, 2.75) is 0 Å². The SMILES string of the molecule is O=C(COc1ccc(Br)cc1F)OCC(=O)N1CCNC1=O. The van der Waals surface area contributed by atoms with E-state index in [2.05, 4.69) is 26.0 Å². The van der Waals surface area contributed by atoms with E-state index in [0.29, 0.717) is 11.0 Å². The van der Waals surface area contributed by atoms with Crippen molar-refractivity contribution in [3.05, 3.63) is 28.5 Å². The van der Waals surface area contributed by atoms with Crippen molar-refractivity contribution in [3.8, 4) is 5.75 Å². The molecule has 1 aliphatic heterocycles. The maximum atomic E-state index is 13.5. The van der Waals surface area contributed by atoms with Crippen molar-refractivity contribution in [1.29, 1.82) is 0 Å². The fourth-order valence-electron chi connectivity index (χ4n) is 1.70. The van der Waals surface area contributed by atoms with E-state index in [1.54, 1.807) is 6.07 Å². The maximum Gasteiger partial charge on any atom is 0.344 e. The van der Waals surface area contributed by atoms with E-state index in [0.717, 1.165) is 4.90 Å². The highest BCUT2D eigenvalue weighted by Gasteiger charge is 2.26. The highest BCUT2D eigenvalue weighted by molar-refractivity contribution is 9.10. The van der Waals surface area contributed by atoms with Crippen LogP contribution >= 0.6 is 15.9 Å². The summed E-state index contributed by atoms with van der Waals surface area (Å²) in [5.74, 6) is -2.20. The number of hydrogen-bond donors (Lipinski definition) is 1. The van der Waals surface area contributed by atoms with Crippen LogP contribution in [0.3, 0.4) is 0 Å². The molecule has 0 radical (unpaired) electrons. The molecule has 22 heavy (non-hydrogen) atoms. The lowest BCUT2D eigenvalue weighted by Gasteiger charge is -2.12. The van der Waals surface area contributed by atoms with Gasteiger partial charge in [-0.15, -0.1) is 0 Å². The molecule has 0 unspecified atom stereocenters. The van der Waals surface area contributed by atoms with Gasteiger partial charge in [-0.05, 0) is 18.2 Å². The zero-order valence-corrected chi connectivity index (χ0v) is 12.9. The molecular formula is C13H12BrFN2O5. The van der Waals surface area contributed by atoms with Gasteiger partial charge in [-0.2, -0.15) is 0 Å². The number of nitrogens with one attached hydrogen (secondary N) is 1. The van der Waals surface area contributed by atoms with Gasteiger partial charge in [0.05, 0.1) is 0 Å². The van der Waals surface area contributed by atoms with E-state index in [1.807, 2.05) is 0 Å². The summed E-state index contributed by atoms with van der Waals surface area (Å²) in [6.45, 7) is -0.517. The molecule has 3 amide bonds. The number of carbonyl (C=O) groups is 3. The fourth-order valence-corrected chi connectivity index (χ4v) is 2.03. The first-order valence-electron chi connectivity index (χ1n) is 6.29. The molecule has 1 saturated heterocycles. The first kappa shape index (κ1) is 16.2. The molecule has 0 atom stereocenters. The van der Waals surface area contributed by atoms with Crippen LogP contribution in [0.4, 0.5) is 9.18 Å². The topological polar surface area (TPSA) is 84.9 Å². The Kier molecular flexibility index (Phi) is 5.31. The van der Waals surface area contributed by atoms with Crippen molar-refractivity contribution in [2.24, 2.45) is 0 Å². The zero-order valence-electron chi connectivity index (χ0n) is 11.3. The summed E-state index contributed by atoms with van der Waals surface area (Å²) in [6, 6.07) is 3.58. The molecule has 1 heterocycles. The van der Waals surface area contributed by atoms with Crippen molar-refractivity contribution in [1.82, 2.24) is 10.2 Å². The van der Waals surface area contributed by atoms with Crippen LogP contribution < -0.4 is 10.1 Å². The Bertz CT molecular complexity index is 610. The number of rotatable bonds is 5. The number of hydrogen-bond acceptors (Lipinski definition) is 5. The van der Waals surface area contributed by atoms with Crippen LogP contribution in [0.1, 0.15) is 0 Å². The van der Waals surface area contributed by atoms with E-state index in [9.17, 15) is 18.8 Å². The second-order valence-corrected chi connectivity index (χ2v) is 5.22. The van der Waals surface area contributed by atoms with E-state index < -0.39 is 36.9 Å². The number of amides is 3. The van der Waals surface area contributed by atoms with Crippen LogP contribution in [0.2, 0.25) is 0 Å². The van der Waals surface area contributed by atoms with Gasteiger partial charge in [0.1, 0.15) is 0 Å². The molecule has 118 valence electrons. The molecule has 0 saturated carbocycles. The normalized spacial score (nSPS) is 13.7. The largest absolute Gasteiger partial charge is 0.479 e. The second kappa shape index (κ2) is 7.21. The third kappa shape index (κ3) is 4.17. The molecule has 1 aromatic rings. The number of imide groups is 1. The Hall–Kier alpha value is -2.16. The minimum Gasteiger partial charge on any atom is -0.479 e. The molecule has 9 heteroatoms. The van der Waals surface area contributed by atoms with Gasteiger partial charge < -0.3 is 14.8 Å². The van der Waals surface area contributed by atoms with Crippen molar-refractivity contribution >= 4 is 33.8 Å². The molecule has 0 aliphatic carbocycles. The van der Waals surface area contributed by atoms with Crippen LogP contribution in [-0.2, 0) is 14.3 Å². The van der Waals surface area contributed by atoms with Gasteiger partial charge in [-0.3, -0.25) is 9.69 Å². The molecule has 1 fully saturated rings. The van der Waals surface area contributed by atoms with Crippen LogP contribution in [0, 0.1) is 5.82 Å². The first-order chi connectivity index (χ1) is 10.5. The minimum absolute atomic E-state index is 0.106. The number of urea groups is 1. The third-order valence-corrected chi connectivity index (χ3v) is 3.25. The number of benzene rings is 1. The van der Waals surface area contributed by atoms with Gasteiger partial charge in [0, 0.05) is 17.6 Å². The third-order valence-electron chi connectivity index (χ3n) is 2.75.